The van der Waals surface area contributed by atoms with Gasteiger partial charge in [-0.3, -0.25) is 0 Å². The molecule has 0 aromatic carbocycles. The van der Waals surface area contributed by atoms with Crippen molar-refractivity contribution in [2.75, 3.05) is 0 Å². The Morgan fingerprint density at radius 3 is 1.50 bits per heavy atom. The highest BCUT2D eigenvalue weighted by Gasteiger charge is 2.22. The summed E-state index contributed by atoms with van der Waals surface area (Å²) in [5, 5.41) is 0. The third-order valence-electron chi connectivity index (χ3n) is 1.74. The van der Waals surface area contributed by atoms with Crippen LogP contribution in [0, 0.1) is 12.1 Å². The summed E-state index contributed by atoms with van der Waals surface area (Å²) in [7, 11) is 0. The molecular formula is C8H15PS. The molecule has 0 amide bonds. The van der Waals surface area contributed by atoms with Gasteiger partial charge in [0.2, 0.25) is 0 Å². The minimum atomic E-state index is -1.48. The zero-order valence-corrected chi connectivity index (χ0v) is 8.80. The normalized spacial score (nSPS) is 12.1. The third-order valence-corrected chi connectivity index (χ3v) is 8.05. The molecule has 0 aromatic rings. The minimum absolute atomic E-state index is 0.493. The summed E-state index contributed by atoms with van der Waals surface area (Å²) < 4.78 is 0. The SMILES string of the molecule is C#CP(=S)(C(C)C)C(C)C. The molecule has 0 unspecified atom stereocenters. The molecule has 0 aromatic heterocycles. The van der Waals surface area contributed by atoms with Crippen LogP contribution in [-0.2, 0) is 11.8 Å². The molecule has 10 heavy (non-hydrogen) atoms. The molecule has 0 aliphatic rings. The minimum Gasteiger partial charge on any atom is -0.115 e. The summed E-state index contributed by atoms with van der Waals surface area (Å²) in [6, 6.07) is -1.48. The van der Waals surface area contributed by atoms with Gasteiger partial charge >= 0.3 is 0 Å². The standard InChI is InChI=1S/C8H15PS/c1-6-9(10,7(2)3)8(4)5/h1,7-8H,2-5H3. The van der Waals surface area contributed by atoms with Gasteiger partial charge < -0.3 is 0 Å². The average molecular weight is 174 g/mol. The van der Waals surface area contributed by atoms with Crippen LogP contribution in [0.4, 0.5) is 0 Å². The maximum atomic E-state index is 5.43. The first kappa shape index (κ1) is 10.2. The van der Waals surface area contributed by atoms with Crippen molar-refractivity contribution in [3.05, 3.63) is 0 Å². The Balaban J connectivity index is 4.62. The van der Waals surface area contributed by atoms with Crippen molar-refractivity contribution < 1.29 is 0 Å². The summed E-state index contributed by atoms with van der Waals surface area (Å²) in [6.45, 7) is 8.50. The van der Waals surface area contributed by atoms with Gasteiger partial charge in [-0.05, 0) is 11.3 Å². The van der Waals surface area contributed by atoms with E-state index in [2.05, 4.69) is 33.4 Å². The fourth-order valence-corrected chi connectivity index (χ4v) is 2.68. The summed E-state index contributed by atoms with van der Waals surface area (Å²) in [5.74, 6) is 0. The van der Waals surface area contributed by atoms with Gasteiger partial charge in [0.25, 0.3) is 0 Å². The number of terminal acetylenes is 1. The van der Waals surface area contributed by atoms with E-state index in [4.69, 9.17) is 18.2 Å². The van der Waals surface area contributed by atoms with Crippen molar-refractivity contribution in [3.8, 4) is 12.1 Å². The van der Waals surface area contributed by atoms with Crippen molar-refractivity contribution in [2.24, 2.45) is 0 Å². The Hall–Kier alpha value is 0.210. The van der Waals surface area contributed by atoms with E-state index in [1.165, 1.54) is 0 Å². The zero-order valence-electron chi connectivity index (χ0n) is 7.09. The molecule has 0 aliphatic carbocycles. The molecule has 0 aliphatic heterocycles. The van der Waals surface area contributed by atoms with E-state index >= 15 is 0 Å². The predicted octanol–water partition coefficient (Wildman–Crippen LogP) is 2.87. The molecule has 0 saturated heterocycles. The topological polar surface area (TPSA) is 0 Å². The predicted molar refractivity (Wildman–Crippen MR) is 53.4 cm³/mol. The van der Waals surface area contributed by atoms with Crippen LogP contribution < -0.4 is 0 Å². The van der Waals surface area contributed by atoms with Crippen molar-refractivity contribution in [1.82, 2.24) is 0 Å². The van der Waals surface area contributed by atoms with Gasteiger partial charge in [0.15, 0.2) is 0 Å². The van der Waals surface area contributed by atoms with Crippen LogP contribution >= 0.6 is 6.04 Å². The summed E-state index contributed by atoms with van der Waals surface area (Å²) in [4.78, 5) is 0. The van der Waals surface area contributed by atoms with Crippen molar-refractivity contribution in [1.29, 1.82) is 0 Å². The molecule has 58 valence electrons. The molecule has 0 N–H and O–H groups in total. The number of hydrogen-bond donors (Lipinski definition) is 0. The molecule has 0 spiro atoms. The summed E-state index contributed by atoms with van der Waals surface area (Å²) in [5.41, 5.74) is 3.79. The van der Waals surface area contributed by atoms with Crippen molar-refractivity contribution in [2.45, 2.75) is 39.0 Å². The van der Waals surface area contributed by atoms with Crippen LogP contribution in [0.25, 0.3) is 0 Å². The molecule has 0 saturated carbocycles. The van der Waals surface area contributed by atoms with Crippen LogP contribution in [0.5, 0.6) is 0 Å². The lowest BCUT2D eigenvalue weighted by atomic mass is 10.5. The molecule has 0 radical (unpaired) electrons. The molecule has 0 nitrogen and oxygen atoms in total. The Bertz CT molecular complexity index is 174. The van der Waals surface area contributed by atoms with Crippen LogP contribution in [0.2, 0.25) is 0 Å². The van der Waals surface area contributed by atoms with Gasteiger partial charge in [-0.2, -0.15) is 0 Å². The quantitative estimate of drug-likeness (QED) is 0.458. The molecule has 0 heterocycles. The molecule has 0 rings (SSSR count). The van der Waals surface area contributed by atoms with Gasteiger partial charge in [0.1, 0.15) is 0 Å². The summed E-state index contributed by atoms with van der Waals surface area (Å²) >= 11 is 5.43. The molecule has 0 atom stereocenters. The molecule has 0 bridgehead atoms. The van der Waals surface area contributed by atoms with Gasteiger partial charge in [-0.1, -0.05) is 45.2 Å². The largest absolute Gasteiger partial charge is 0.115 e. The summed E-state index contributed by atoms with van der Waals surface area (Å²) in [6.07, 6.45) is 5.40. The monoisotopic (exact) mass is 174 g/mol. The second kappa shape index (κ2) is 3.56. The molecule has 0 fully saturated rings. The van der Waals surface area contributed by atoms with E-state index in [1.807, 2.05) is 0 Å². The Morgan fingerprint density at radius 2 is 1.50 bits per heavy atom. The fourth-order valence-electron chi connectivity index (χ4n) is 0.894. The Morgan fingerprint density at radius 1 is 1.20 bits per heavy atom. The van der Waals surface area contributed by atoms with Gasteiger partial charge in [-0.25, -0.2) is 0 Å². The van der Waals surface area contributed by atoms with E-state index in [1.54, 1.807) is 0 Å². The van der Waals surface area contributed by atoms with Crippen LogP contribution in [0.15, 0.2) is 0 Å². The smallest absolute Gasteiger partial charge is 0.0281 e. The van der Waals surface area contributed by atoms with E-state index in [9.17, 15) is 0 Å². The second-order valence-electron chi connectivity index (χ2n) is 3.03. The first-order valence-electron chi connectivity index (χ1n) is 3.52. The lowest BCUT2D eigenvalue weighted by molar-refractivity contribution is 1.02. The van der Waals surface area contributed by atoms with Crippen molar-refractivity contribution >= 4 is 17.8 Å². The van der Waals surface area contributed by atoms with E-state index in [0.717, 1.165) is 0 Å². The Labute approximate surface area is 69.4 Å². The van der Waals surface area contributed by atoms with Crippen molar-refractivity contribution in [3.63, 3.8) is 0 Å². The zero-order chi connectivity index (χ0) is 8.36. The lowest BCUT2D eigenvalue weighted by Gasteiger charge is -2.23. The van der Waals surface area contributed by atoms with Gasteiger partial charge in [-0.15, -0.1) is 6.42 Å². The lowest BCUT2D eigenvalue weighted by Crippen LogP contribution is -2.05. The Kier molecular flexibility index (Phi) is 3.63. The third kappa shape index (κ3) is 1.84. The average Bonchev–Trinajstić information content (AvgIpc) is 1.85. The van der Waals surface area contributed by atoms with E-state index in [-0.39, 0.29) is 0 Å². The first-order chi connectivity index (χ1) is 4.45. The van der Waals surface area contributed by atoms with E-state index in [0.29, 0.717) is 11.3 Å². The van der Waals surface area contributed by atoms with Gasteiger partial charge in [0.05, 0.1) is 0 Å². The number of rotatable bonds is 2. The highest BCUT2D eigenvalue weighted by atomic mass is 32.4. The fraction of sp³-hybridized carbons (Fsp3) is 0.750. The molecule has 2 heteroatoms. The van der Waals surface area contributed by atoms with Gasteiger partial charge in [0, 0.05) is 6.04 Å². The van der Waals surface area contributed by atoms with Crippen LogP contribution in [0.1, 0.15) is 27.7 Å². The second-order valence-corrected chi connectivity index (χ2v) is 8.58. The maximum absolute atomic E-state index is 5.43. The highest BCUT2D eigenvalue weighted by molar-refractivity contribution is 8.17. The first-order valence-corrected chi connectivity index (χ1v) is 6.46. The number of hydrogen-bond acceptors (Lipinski definition) is 1. The van der Waals surface area contributed by atoms with E-state index < -0.39 is 6.04 Å². The maximum Gasteiger partial charge on any atom is 0.0281 e. The van der Waals surface area contributed by atoms with Crippen LogP contribution in [-0.4, -0.2) is 11.3 Å². The molecular weight excluding hydrogens is 159 g/mol. The van der Waals surface area contributed by atoms with Crippen LogP contribution in [0.3, 0.4) is 0 Å². The highest BCUT2D eigenvalue weighted by Crippen LogP contribution is 2.53.